The number of rotatable bonds is 5. The average Bonchev–Trinajstić information content (AvgIpc) is 2.91. The predicted molar refractivity (Wildman–Crippen MR) is 94.9 cm³/mol. The van der Waals surface area contributed by atoms with Crippen molar-refractivity contribution in [3.63, 3.8) is 0 Å². The van der Waals surface area contributed by atoms with Crippen molar-refractivity contribution >= 4 is 17.4 Å². The van der Waals surface area contributed by atoms with Gasteiger partial charge in [0.25, 0.3) is 0 Å². The van der Waals surface area contributed by atoms with Crippen molar-refractivity contribution in [3.8, 4) is 0 Å². The van der Waals surface area contributed by atoms with Crippen molar-refractivity contribution in [2.45, 2.75) is 57.8 Å². The lowest BCUT2D eigenvalue weighted by Crippen LogP contribution is -2.44. The highest BCUT2D eigenvalue weighted by molar-refractivity contribution is 5.66. The Hall–Kier alpha value is -2.29. The predicted octanol–water partition coefficient (Wildman–Crippen LogP) is 2.85. The molecule has 3 atom stereocenters. The molecule has 3 heterocycles. The van der Waals surface area contributed by atoms with E-state index in [1.54, 1.807) is 6.92 Å². The molecule has 0 saturated carbocycles. The van der Waals surface area contributed by atoms with Gasteiger partial charge in [0.15, 0.2) is 5.82 Å². The molecular weight excluding hydrogens is 358 g/mol. The fourth-order valence-corrected chi connectivity index (χ4v) is 3.07. The Labute approximate surface area is 156 Å². The van der Waals surface area contributed by atoms with Crippen LogP contribution in [0.3, 0.4) is 0 Å². The Kier molecular flexibility index (Phi) is 5.32. The standard InChI is InChI=1S/C18H24F2N4O3/c1-10(18(3,4)20)14-7-12(19)15-8-21-17(23-24(14)15)22-13-5-6-26-9-16(13)27-11(2)25/h7-8,10,13,16H,5-6,9H2,1-4H3,(H,22,23)/t10?,13-,16-/m1/s1. The molecule has 1 unspecified atom stereocenters. The minimum absolute atomic E-state index is 0.176. The molecule has 0 bridgehead atoms. The fourth-order valence-electron chi connectivity index (χ4n) is 3.07. The van der Waals surface area contributed by atoms with Crippen molar-refractivity contribution in [1.82, 2.24) is 14.6 Å². The monoisotopic (exact) mass is 382 g/mol. The maximum atomic E-state index is 14.4. The molecule has 0 spiro atoms. The van der Waals surface area contributed by atoms with E-state index in [1.165, 1.54) is 37.5 Å². The zero-order valence-corrected chi connectivity index (χ0v) is 15.8. The van der Waals surface area contributed by atoms with Crippen LogP contribution in [0.2, 0.25) is 0 Å². The maximum Gasteiger partial charge on any atom is 0.303 e. The number of fused-ring (bicyclic) bond motifs is 1. The second-order valence-corrected chi connectivity index (χ2v) is 7.34. The van der Waals surface area contributed by atoms with Gasteiger partial charge in [-0.25, -0.2) is 18.3 Å². The molecule has 1 aliphatic heterocycles. The quantitative estimate of drug-likeness (QED) is 0.802. The SMILES string of the molecule is CC(=O)O[C@@H]1COCC[C@H]1Nc1ncc2c(F)cc(C(C)C(C)(C)F)n2n1. The third kappa shape index (κ3) is 4.18. The Balaban J connectivity index is 1.90. The summed E-state index contributed by atoms with van der Waals surface area (Å²) >= 11 is 0. The molecule has 1 aliphatic rings. The minimum atomic E-state index is -1.54. The van der Waals surface area contributed by atoms with Crippen molar-refractivity contribution in [2.75, 3.05) is 18.5 Å². The van der Waals surface area contributed by atoms with Gasteiger partial charge in [0.05, 0.1) is 24.5 Å². The Morgan fingerprint density at radius 1 is 1.52 bits per heavy atom. The summed E-state index contributed by atoms with van der Waals surface area (Å²) in [6.07, 6.45) is 1.48. The lowest BCUT2D eigenvalue weighted by atomic mass is 9.92. The first-order valence-electron chi connectivity index (χ1n) is 8.91. The van der Waals surface area contributed by atoms with E-state index >= 15 is 0 Å². The van der Waals surface area contributed by atoms with Gasteiger partial charge >= 0.3 is 5.97 Å². The van der Waals surface area contributed by atoms with Gasteiger partial charge in [-0.1, -0.05) is 6.92 Å². The van der Waals surface area contributed by atoms with Crippen LogP contribution in [-0.4, -0.2) is 51.6 Å². The summed E-state index contributed by atoms with van der Waals surface area (Å²) in [5.41, 5.74) is -0.945. The van der Waals surface area contributed by atoms with E-state index in [1.807, 2.05) is 0 Å². The second kappa shape index (κ2) is 7.38. The van der Waals surface area contributed by atoms with Gasteiger partial charge < -0.3 is 14.8 Å². The van der Waals surface area contributed by atoms with Crippen LogP contribution in [0.1, 0.15) is 45.7 Å². The van der Waals surface area contributed by atoms with Gasteiger partial charge in [-0.05, 0) is 26.3 Å². The molecule has 2 aromatic heterocycles. The Morgan fingerprint density at radius 3 is 2.93 bits per heavy atom. The number of aromatic nitrogens is 3. The highest BCUT2D eigenvalue weighted by Crippen LogP contribution is 2.32. The smallest absolute Gasteiger partial charge is 0.303 e. The first-order chi connectivity index (χ1) is 12.7. The second-order valence-electron chi connectivity index (χ2n) is 7.34. The van der Waals surface area contributed by atoms with Crippen LogP contribution in [0.15, 0.2) is 12.3 Å². The van der Waals surface area contributed by atoms with E-state index in [2.05, 4.69) is 15.4 Å². The number of ether oxygens (including phenoxy) is 2. The topological polar surface area (TPSA) is 77.8 Å². The van der Waals surface area contributed by atoms with Gasteiger partial charge in [0.2, 0.25) is 5.95 Å². The number of esters is 1. The van der Waals surface area contributed by atoms with Crippen LogP contribution in [-0.2, 0) is 14.3 Å². The molecule has 0 radical (unpaired) electrons. The summed E-state index contributed by atoms with van der Waals surface area (Å²) in [5.74, 6) is -1.24. The van der Waals surface area contributed by atoms with Gasteiger partial charge in [-0.2, -0.15) is 0 Å². The summed E-state index contributed by atoms with van der Waals surface area (Å²) in [6, 6.07) is 1.05. The number of alkyl halides is 1. The van der Waals surface area contributed by atoms with E-state index in [-0.39, 0.29) is 24.1 Å². The zero-order valence-electron chi connectivity index (χ0n) is 15.8. The fraction of sp³-hybridized carbons (Fsp3) is 0.611. The summed E-state index contributed by atoms with van der Waals surface area (Å²) in [7, 11) is 0. The van der Waals surface area contributed by atoms with Gasteiger partial charge in [0.1, 0.15) is 17.3 Å². The normalized spacial score (nSPS) is 21.9. The van der Waals surface area contributed by atoms with Crippen LogP contribution in [0.5, 0.6) is 0 Å². The van der Waals surface area contributed by atoms with Gasteiger partial charge in [0, 0.05) is 19.4 Å². The highest BCUT2D eigenvalue weighted by atomic mass is 19.1. The number of halogens is 2. The molecule has 3 rings (SSSR count). The molecule has 9 heteroatoms. The van der Waals surface area contributed by atoms with Crippen molar-refractivity contribution in [1.29, 1.82) is 0 Å². The summed E-state index contributed by atoms with van der Waals surface area (Å²) in [6.45, 7) is 6.70. The summed E-state index contributed by atoms with van der Waals surface area (Å²) < 4.78 is 40.6. The molecule has 0 aromatic carbocycles. The first kappa shape index (κ1) is 19.5. The molecule has 1 saturated heterocycles. The molecule has 1 fully saturated rings. The first-order valence-corrected chi connectivity index (χ1v) is 8.91. The van der Waals surface area contributed by atoms with Crippen molar-refractivity contribution in [2.24, 2.45) is 0 Å². The molecule has 1 N–H and O–H groups in total. The summed E-state index contributed by atoms with van der Waals surface area (Å²) in [4.78, 5) is 15.4. The van der Waals surface area contributed by atoms with Crippen LogP contribution in [0.4, 0.5) is 14.7 Å². The van der Waals surface area contributed by atoms with E-state index < -0.39 is 29.5 Å². The Morgan fingerprint density at radius 2 is 2.26 bits per heavy atom. The number of hydrogen-bond acceptors (Lipinski definition) is 6. The lowest BCUT2D eigenvalue weighted by Gasteiger charge is -2.31. The molecule has 7 nitrogen and oxygen atoms in total. The zero-order chi connectivity index (χ0) is 19.8. The minimum Gasteiger partial charge on any atom is -0.458 e. The average molecular weight is 382 g/mol. The van der Waals surface area contributed by atoms with Crippen LogP contribution in [0, 0.1) is 5.82 Å². The number of nitrogens with one attached hydrogen (secondary N) is 1. The van der Waals surface area contributed by atoms with Gasteiger partial charge in [-0.15, -0.1) is 5.10 Å². The number of carbonyl (C=O) groups excluding carboxylic acids is 1. The number of anilines is 1. The molecule has 0 aliphatic carbocycles. The maximum absolute atomic E-state index is 14.4. The van der Waals surface area contributed by atoms with Gasteiger partial charge in [-0.3, -0.25) is 4.79 Å². The molecule has 27 heavy (non-hydrogen) atoms. The summed E-state index contributed by atoms with van der Waals surface area (Å²) in [5, 5.41) is 7.47. The lowest BCUT2D eigenvalue weighted by molar-refractivity contribution is -0.153. The van der Waals surface area contributed by atoms with Crippen molar-refractivity contribution < 1.29 is 23.0 Å². The van der Waals surface area contributed by atoms with E-state index in [0.29, 0.717) is 18.7 Å². The number of nitrogens with zero attached hydrogens (tertiary/aromatic N) is 3. The third-order valence-corrected chi connectivity index (χ3v) is 4.91. The van der Waals surface area contributed by atoms with E-state index in [4.69, 9.17) is 9.47 Å². The molecule has 2 aromatic rings. The van der Waals surface area contributed by atoms with E-state index in [0.717, 1.165) is 0 Å². The highest BCUT2D eigenvalue weighted by Gasteiger charge is 2.31. The largest absolute Gasteiger partial charge is 0.458 e. The third-order valence-electron chi connectivity index (χ3n) is 4.91. The molecular formula is C18H24F2N4O3. The molecule has 148 valence electrons. The van der Waals surface area contributed by atoms with E-state index in [9.17, 15) is 13.6 Å². The van der Waals surface area contributed by atoms with Crippen LogP contribution >= 0.6 is 0 Å². The number of carbonyl (C=O) groups is 1. The number of hydrogen-bond donors (Lipinski definition) is 1. The Bertz CT molecular complexity index is 834. The molecule has 0 amide bonds. The van der Waals surface area contributed by atoms with Crippen LogP contribution in [0.25, 0.3) is 5.52 Å². The van der Waals surface area contributed by atoms with Crippen molar-refractivity contribution in [3.05, 3.63) is 23.8 Å². The van der Waals surface area contributed by atoms with Crippen LogP contribution < -0.4 is 5.32 Å².